The largest absolute Gasteiger partial charge is 0.361 e. The van der Waals surface area contributed by atoms with Crippen LogP contribution < -0.4 is 10.6 Å². The van der Waals surface area contributed by atoms with Gasteiger partial charge in [0.05, 0.1) is 0 Å². The summed E-state index contributed by atoms with van der Waals surface area (Å²) in [5.74, 6) is 1.51. The van der Waals surface area contributed by atoms with Gasteiger partial charge in [0.1, 0.15) is 5.82 Å². The normalized spacial score (nSPS) is 11.8. The lowest BCUT2D eigenvalue weighted by Gasteiger charge is -2.10. The number of aromatic nitrogens is 3. The highest BCUT2D eigenvalue weighted by molar-refractivity contribution is 6.30. The molecule has 0 saturated carbocycles. The van der Waals surface area contributed by atoms with Gasteiger partial charge in [-0.05, 0) is 54.4 Å². The number of guanidine groups is 1. The second-order valence-corrected chi connectivity index (χ2v) is 7.38. The lowest BCUT2D eigenvalue weighted by molar-refractivity contribution is 0.378. The van der Waals surface area contributed by atoms with E-state index in [4.69, 9.17) is 16.1 Å². The molecule has 0 aliphatic heterocycles. The Labute approximate surface area is 183 Å². The maximum Gasteiger partial charge on any atom is 0.228 e. The predicted molar refractivity (Wildman–Crippen MR) is 120 cm³/mol. The van der Waals surface area contributed by atoms with Crippen molar-refractivity contribution in [2.75, 3.05) is 20.1 Å². The van der Waals surface area contributed by atoms with Gasteiger partial charge in [0, 0.05) is 54.2 Å². The van der Waals surface area contributed by atoms with Crippen LogP contribution in [0.1, 0.15) is 11.5 Å². The van der Waals surface area contributed by atoms with Crippen molar-refractivity contribution >= 4 is 28.5 Å². The van der Waals surface area contributed by atoms with Gasteiger partial charge in [-0.1, -0.05) is 16.8 Å². The highest BCUT2D eigenvalue weighted by Crippen LogP contribution is 2.20. The summed E-state index contributed by atoms with van der Waals surface area (Å²) in [6.07, 6.45) is 3.26. The molecular weight excluding hydrogens is 419 g/mol. The van der Waals surface area contributed by atoms with E-state index in [-0.39, 0.29) is 5.82 Å². The van der Waals surface area contributed by atoms with Crippen molar-refractivity contribution in [3.05, 3.63) is 71.0 Å². The number of rotatable bonds is 7. The summed E-state index contributed by atoms with van der Waals surface area (Å²) < 4.78 is 18.6. The van der Waals surface area contributed by atoms with Crippen LogP contribution in [0.2, 0.25) is 5.02 Å². The number of aliphatic imine (C=N–C) groups is 1. The summed E-state index contributed by atoms with van der Waals surface area (Å²) in [7, 11) is 1.72. The van der Waals surface area contributed by atoms with Gasteiger partial charge < -0.3 is 20.1 Å². The third kappa shape index (κ3) is 5.21. The number of nitrogens with one attached hydrogen (secondary N) is 3. The Morgan fingerprint density at radius 3 is 2.68 bits per heavy atom. The molecule has 0 amide bonds. The fourth-order valence-corrected chi connectivity index (χ4v) is 3.39. The molecule has 3 N–H and O–H groups in total. The Kier molecular flexibility index (Phi) is 6.47. The average Bonchev–Trinajstić information content (AvgIpc) is 3.40. The molecule has 31 heavy (non-hydrogen) atoms. The number of aromatic amines is 1. The predicted octanol–water partition coefficient (Wildman–Crippen LogP) is 3.96. The van der Waals surface area contributed by atoms with E-state index in [1.807, 2.05) is 18.3 Å². The first-order chi connectivity index (χ1) is 15.1. The van der Waals surface area contributed by atoms with Gasteiger partial charge in [-0.15, -0.1) is 0 Å². The smallest absolute Gasteiger partial charge is 0.228 e. The van der Waals surface area contributed by atoms with Crippen LogP contribution >= 0.6 is 11.6 Å². The highest BCUT2D eigenvalue weighted by Gasteiger charge is 2.09. The Morgan fingerprint density at radius 2 is 1.90 bits per heavy atom. The lowest BCUT2D eigenvalue weighted by atomic mass is 10.1. The van der Waals surface area contributed by atoms with Gasteiger partial charge in [0.15, 0.2) is 5.96 Å². The molecule has 0 atom stereocenters. The maximum absolute atomic E-state index is 13.3. The van der Waals surface area contributed by atoms with Gasteiger partial charge in [-0.25, -0.2) is 4.39 Å². The summed E-state index contributed by atoms with van der Waals surface area (Å²) in [6.45, 7) is 1.28. The Bertz CT molecular complexity index is 1180. The van der Waals surface area contributed by atoms with Crippen molar-refractivity contribution in [1.82, 2.24) is 25.8 Å². The zero-order valence-electron chi connectivity index (χ0n) is 17.0. The number of nitrogens with zero attached hydrogens (tertiary/aromatic N) is 3. The second kappa shape index (κ2) is 9.61. The van der Waals surface area contributed by atoms with Crippen LogP contribution in [0.3, 0.4) is 0 Å². The molecular formula is C22H22ClFN6O. The Morgan fingerprint density at radius 1 is 1.13 bits per heavy atom. The van der Waals surface area contributed by atoms with Crippen molar-refractivity contribution in [2.45, 2.75) is 12.8 Å². The third-order valence-electron chi connectivity index (χ3n) is 4.84. The van der Waals surface area contributed by atoms with Crippen LogP contribution in [0.5, 0.6) is 0 Å². The molecule has 4 aromatic rings. The van der Waals surface area contributed by atoms with Crippen molar-refractivity contribution in [3.63, 3.8) is 0 Å². The zero-order valence-corrected chi connectivity index (χ0v) is 17.7. The van der Waals surface area contributed by atoms with E-state index in [0.717, 1.165) is 28.5 Å². The minimum absolute atomic E-state index is 0.245. The molecule has 0 fully saturated rings. The first kappa shape index (κ1) is 20.9. The molecule has 0 aliphatic carbocycles. The highest BCUT2D eigenvalue weighted by atomic mass is 35.5. The van der Waals surface area contributed by atoms with E-state index in [0.29, 0.717) is 42.2 Å². The maximum atomic E-state index is 13.3. The van der Waals surface area contributed by atoms with E-state index < -0.39 is 0 Å². The van der Waals surface area contributed by atoms with E-state index in [2.05, 4.69) is 30.8 Å². The number of H-pyrrole nitrogens is 1. The van der Waals surface area contributed by atoms with Crippen LogP contribution in [0, 0.1) is 5.82 Å². The lowest BCUT2D eigenvalue weighted by Crippen LogP contribution is -2.39. The van der Waals surface area contributed by atoms with E-state index >= 15 is 0 Å². The molecule has 4 rings (SSSR count). The minimum Gasteiger partial charge on any atom is -0.361 e. The van der Waals surface area contributed by atoms with E-state index in [9.17, 15) is 4.39 Å². The fraction of sp³-hybridized carbons (Fsp3) is 0.227. The van der Waals surface area contributed by atoms with Crippen LogP contribution in [-0.4, -0.2) is 41.2 Å². The van der Waals surface area contributed by atoms with E-state index in [1.165, 1.54) is 12.1 Å². The average molecular weight is 441 g/mol. The standard InChI is InChI=1S/C22H22ClFN6O/c1-25-22(26-10-8-15-13-28-19-12-17(24)6-7-18(15)19)27-11-9-20-29-21(30-31-20)14-2-4-16(23)5-3-14/h2-7,12-13,28H,8-11H2,1H3,(H2,25,26,27). The molecule has 0 aliphatic rings. The van der Waals surface area contributed by atoms with E-state index in [1.54, 1.807) is 25.2 Å². The van der Waals surface area contributed by atoms with Gasteiger partial charge in [0.2, 0.25) is 11.7 Å². The van der Waals surface area contributed by atoms with Gasteiger partial charge in [-0.3, -0.25) is 4.99 Å². The first-order valence-corrected chi connectivity index (χ1v) is 10.3. The van der Waals surface area contributed by atoms with Crippen LogP contribution in [0.25, 0.3) is 22.3 Å². The number of fused-ring (bicyclic) bond motifs is 1. The summed E-state index contributed by atoms with van der Waals surface area (Å²) in [6, 6.07) is 12.1. The molecule has 0 unspecified atom stereocenters. The van der Waals surface area contributed by atoms with Crippen LogP contribution in [0.15, 0.2) is 58.2 Å². The second-order valence-electron chi connectivity index (χ2n) is 6.95. The number of hydrogen-bond donors (Lipinski definition) is 3. The fourth-order valence-electron chi connectivity index (χ4n) is 3.26. The topological polar surface area (TPSA) is 91.1 Å². The van der Waals surface area contributed by atoms with Crippen molar-refractivity contribution < 1.29 is 8.91 Å². The first-order valence-electron chi connectivity index (χ1n) is 9.91. The molecule has 2 aromatic carbocycles. The monoisotopic (exact) mass is 440 g/mol. The summed E-state index contributed by atoms with van der Waals surface area (Å²) >= 11 is 5.91. The molecule has 160 valence electrons. The van der Waals surface area contributed by atoms with Gasteiger partial charge in [-0.2, -0.15) is 4.98 Å². The number of benzene rings is 2. The zero-order chi connectivity index (χ0) is 21.6. The molecule has 0 spiro atoms. The molecule has 9 heteroatoms. The quantitative estimate of drug-likeness (QED) is 0.299. The molecule has 0 radical (unpaired) electrons. The summed E-state index contributed by atoms with van der Waals surface area (Å²) in [4.78, 5) is 11.8. The van der Waals surface area contributed by atoms with Crippen molar-refractivity contribution in [2.24, 2.45) is 4.99 Å². The van der Waals surface area contributed by atoms with Crippen LogP contribution in [-0.2, 0) is 12.8 Å². The van der Waals surface area contributed by atoms with Crippen LogP contribution in [0.4, 0.5) is 4.39 Å². The van der Waals surface area contributed by atoms with Crippen molar-refractivity contribution in [3.8, 4) is 11.4 Å². The molecule has 7 nitrogen and oxygen atoms in total. The Hall–Kier alpha value is -3.39. The molecule has 0 saturated heterocycles. The van der Waals surface area contributed by atoms with Gasteiger partial charge >= 0.3 is 0 Å². The summed E-state index contributed by atoms with van der Waals surface area (Å²) in [5, 5.41) is 12.2. The molecule has 0 bridgehead atoms. The van der Waals surface area contributed by atoms with Crippen molar-refractivity contribution in [1.29, 1.82) is 0 Å². The molecule has 2 heterocycles. The third-order valence-corrected chi connectivity index (χ3v) is 5.09. The summed E-state index contributed by atoms with van der Waals surface area (Å²) in [5.41, 5.74) is 2.78. The minimum atomic E-state index is -0.245. The molecule has 2 aromatic heterocycles. The number of hydrogen-bond acceptors (Lipinski definition) is 4. The Balaban J connectivity index is 1.24. The van der Waals surface area contributed by atoms with Gasteiger partial charge in [0.25, 0.3) is 0 Å². The number of halogens is 2. The SMILES string of the molecule is CN=C(NCCc1nc(-c2ccc(Cl)cc2)no1)NCCc1c[nH]c2cc(F)ccc12.